The molecule has 18 heavy (non-hydrogen) atoms. The van der Waals surface area contributed by atoms with Gasteiger partial charge in [-0.1, -0.05) is 44.2 Å². The first-order chi connectivity index (χ1) is 8.69. The van der Waals surface area contributed by atoms with Crippen molar-refractivity contribution in [2.75, 3.05) is 0 Å². The number of nitrogens with two attached hydrogens (primary N) is 1. The molecule has 0 fully saturated rings. The fourth-order valence-corrected chi connectivity index (χ4v) is 2.27. The zero-order valence-corrected chi connectivity index (χ0v) is 11.4. The first kappa shape index (κ1) is 12.9. The summed E-state index contributed by atoms with van der Waals surface area (Å²) in [6.45, 7) is 7.00. The van der Waals surface area contributed by atoms with Crippen LogP contribution in [0.3, 0.4) is 0 Å². The minimum absolute atomic E-state index is 0.416. The molecule has 0 aliphatic rings. The van der Waals surface area contributed by atoms with Gasteiger partial charge in [0.1, 0.15) is 11.5 Å². The van der Waals surface area contributed by atoms with Gasteiger partial charge in [0, 0.05) is 29.2 Å². The van der Waals surface area contributed by atoms with E-state index in [1.807, 2.05) is 18.2 Å². The van der Waals surface area contributed by atoms with Gasteiger partial charge < -0.3 is 10.2 Å². The lowest BCUT2D eigenvalue weighted by molar-refractivity contribution is 0.474. The standard InChI is InChI=1S/C16H21NO/c1-4-11(2)15-14(10-17)12(3)16(18-15)13-8-6-5-7-9-13/h5-9,11H,4,10,17H2,1-3H3. The van der Waals surface area contributed by atoms with Gasteiger partial charge in [-0.25, -0.2) is 0 Å². The first-order valence-corrected chi connectivity index (χ1v) is 6.56. The van der Waals surface area contributed by atoms with Crippen LogP contribution in [0.25, 0.3) is 11.3 Å². The molecule has 0 aliphatic heterocycles. The van der Waals surface area contributed by atoms with E-state index < -0.39 is 0 Å². The van der Waals surface area contributed by atoms with Crippen LogP contribution in [-0.4, -0.2) is 0 Å². The molecule has 0 saturated carbocycles. The van der Waals surface area contributed by atoms with E-state index in [1.54, 1.807) is 0 Å². The second kappa shape index (κ2) is 5.40. The third kappa shape index (κ3) is 2.21. The maximum Gasteiger partial charge on any atom is 0.137 e. The smallest absolute Gasteiger partial charge is 0.137 e. The zero-order chi connectivity index (χ0) is 13.1. The fourth-order valence-electron chi connectivity index (χ4n) is 2.27. The highest BCUT2D eigenvalue weighted by Crippen LogP contribution is 2.35. The van der Waals surface area contributed by atoms with Gasteiger partial charge in [-0.15, -0.1) is 0 Å². The second-order valence-electron chi connectivity index (χ2n) is 4.78. The molecule has 1 heterocycles. The van der Waals surface area contributed by atoms with Crippen molar-refractivity contribution in [1.29, 1.82) is 0 Å². The van der Waals surface area contributed by atoms with E-state index in [1.165, 1.54) is 11.1 Å². The van der Waals surface area contributed by atoms with Crippen molar-refractivity contribution in [2.24, 2.45) is 5.73 Å². The molecule has 0 amide bonds. The van der Waals surface area contributed by atoms with E-state index in [4.69, 9.17) is 10.2 Å². The highest BCUT2D eigenvalue weighted by Gasteiger charge is 2.20. The molecule has 2 N–H and O–H groups in total. The van der Waals surface area contributed by atoms with E-state index in [0.29, 0.717) is 12.5 Å². The van der Waals surface area contributed by atoms with Gasteiger partial charge in [0.15, 0.2) is 0 Å². The number of hydrogen-bond donors (Lipinski definition) is 1. The van der Waals surface area contributed by atoms with Crippen LogP contribution in [0.2, 0.25) is 0 Å². The lowest BCUT2D eigenvalue weighted by Gasteiger charge is -2.07. The number of furan rings is 1. The normalized spacial score (nSPS) is 12.7. The molecule has 1 aromatic heterocycles. The van der Waals surface area contributed by atoms with Crippen LogP contribution >= 0.6 is 0 Å². The van der Waals surface area contributed by atoms with Gasteiger partial charge in [0.25, 0.3) is 0 Å². The third-order valence-electron chi connectivity index (χ3n) is 3.60. The van der Waals surface area contributed by atoms with Crippen LogP contribution < -0.4 is 5.73 Å². The third-order valence-corrected chi connectivity index (χ3v) is 3.60. The van der Waals surface area contributed by atoms with Gasteiger partial charge >= 0.3 is 0 Å². The monoisotopic (exact) mass is 243 g/mol. The van der Waals surface area contributed by atoms with Crippen molar-refractivity contribution in [3.8, 4) is 11.3 Å². The summed E-state index contributed by atoms with van der Waals surface area (Å²) in [5, 5.41) is 0. The highest BCUT2D eigenvalue weighted by atomic mass is 16.3. The van der Waals surface area contributed by atoms with Crippen LogP contribution in [0, 0.1) is 6.92 Å². The molecule has 1 unspecified atom stereocenters. The Hall–Kier alpha value is -1.54. The van der Waals surface area contributed by atoms with Crippen molar-refractivity contribution in [3.05, 3.63) is 47.2 Å². The molecular weight excluding hydrogens is 222 g/mol. The fraction of sp³-hybridized carbons (Fsp3) is 0.375. The molecular formula is C16H21NO. The second-order valence-corrected chi connectivity index (χ2v) is 4.78. The van der Waals surface area contributed by atoms with E-state index in [-0.39, 0.29) is 0 Å². The van der Waals surface area contributed by atoms with Crippen molar-refractivity contribution in [1.82, 2.24) is 0 Å². The lowest BCUT2D eigenvalue weighted by atomic mass is 9.99. The molecule has 0 bridgehead atoms. The van der Waals surface area contributed by atoms with Crippen LogP contribution in [0.4, 0.5) is 0 Å². The summed E-state index contributed by atoms with van der Waals surface area (Å²) in [7, 11) is 0. The maximum atomic E-state index is 6.10. The summed E-state index contributed by atoms with van der Waals surface area (Å²) in [4.78, 5) is 0. The molecule has 96 valence electrons. The Balaban J connectivity index is 2.54. The highest BCUT2D eigenvalue weighted by molar-refractivity contribution is 5.63. The Morgan fingerprint density at radius 3 is 2.44 bits per heavy atom. The molecule has 1 aromatic carbocycles. The van der Waals surface area contributed by atoms with Crippen molar-refractivity contribution in [3.63, 3.8) is 0 Å². The molecule has 2 aromatic rings. The maximum absolute atomic E-state index is 6.10. The Kier molecular flexibility index (Phi) is 3.87. The minimum atomic E-state index is 0.416. The molecule has 0 spiro atoms. The Morgan fingerprint density at radius 2 is 1.89 bits per heavy atom. The average Bonchev–Trinajstić information content (AvgIpc) is 2.75. The first-order valence-electron chi connectivity index (χ1n) is 6.56. The van der Waals surface area contributed by atoms with Crippen LogP contribution in [-0.2, 0) is 6.54 Å². The van der Waals surface area contributed by atoms with Gasteiger partial charge in [-0.05, 0) is 13.3 Å². The molecule has 1 atom stereocenters. The van der Waals surface area contributed by atoms with Crippen molar-refractivity contribution < 1.29 is 4.42 Å². The summed E-state index contributed by atoms with van der Waals surface area (Å²) in [5.41, 5.74) is 9.35. The quantitative estimate of drug-likeness (QED) is 0.872. The Morgan fingerprint density at radius 1 is 1.22 bits per heavy atom. The zero-order valence-electron chi connectivity index (χ0n) is 11.4. The summed E-state index contributed by atoms with van der Waals surface area (Å²) in [6.07, 6.45) is 1.06. The van der Waals surface area contributed by atoms with Gasteiger partial charge in [0.05, 0.1) is 0 Å². The predicted octanol–water partition coefficient (Wildman–Crippen LogP) is 4.23. The van der Waals surface area contributed by atoms with Crippen LogP contribution in [0.5, 0.6) is 0 Å². The van der Waals surface area contributed by atoms with Crippen LogP contribution in [0.1, 0.15) is 43.1 Å². The molecule has 2 heteroatoms. The summed E-state index contributed by atoms with van der Waals surface area (Å²) >= 11 is 0. The minimum Gasteiger partial charge on any atom is -0.460 e. The average molecular weight is 243 g/mol. The van der Waals surface area contributed by atoms with Gasteiger partial charge in [-0.3, -0.25) is 0 Å². The van der Waals surface area contributed by atoms with E-state index in [9.17, 15) is 0 Å². The topological polar surface area (TPSA) is 39.2 Å². The molecule has 0 saturated heterocycles. The summed E-state index contributed by atoms with van der Waals surface area (Å²) in [5.74, 6) is 2.43. The Labute approximate surface area is 109 Å². The molecule has 0 radical (unpaired) electrons. The summed E-state index contributed by atoms with van der Waals surface area (Å²) in [6, 6.07) is 10.2. The lowest BCUT2D eigenvalue weighted by Crippen LogP contribution is -2.02. The van der Waals surface area contributed by atoms with E-state index in [0.717, 1.165) is 23.5 Å². The largest absolute Gasteiger partial charge is 0.460 e. The van der Waals surface area contributed by atoms with Crippen molar-refractivity contribution in [2.45, 2.75) is 39.7 Å². The van der Waals surface area contributed by atoms with Crippen molar-refractivity contribution >= 4 is 0 Å². The Bertz CT molecular complexity index is 513. The van der Waals surface area contributed by atoms with Crippen LogP contribution in [0.15, 0.2) is 34.7 Å². The molecule has 2 nitrogen and oxygen atoms in total. The van der Waals surface area contributed by atoms with E-state index in [2.05, 4.69) is 32.9 Å². The number of rotatable bonds is 4. The SMILES string of the molecule is CCC(C)c1oc(-c2ccccc2)c(C)c1CN. The molecule has 2 rings (SSSR count). The summed E-state index contributed by atoms with van der Waals surface area (Å²) < 4.78 is 6.10. The van der Waals surface area contributed by atoms with E-state index >= 15 is 0 Å². The molecule has 0 aliphatic carbocycles. The number of hydrogen-bond acceptors (Lipinski definition) is 2. The van der Waals surface area contributed by atoms with Gasteiger partial charge in [0.2, 0.25) is 0 Å². The number of benzene rings is 1. The predicted molar refractivity (Wildman–Crippen MR) is 75.5 cm³/mol. The van der Waals surface area contributed by atoms with Gasteiger partial charge in [-0.2, -0.15) is 0 Å².